The van der Waals surface area contributed by atoms with Crippen LogP contribution in [0.25, 0.3) is 0 Å². The van der Waals surface area contributed by atoms with E-state index in [1.807, 2.05) is 23.1 Å². The molecule has 3 heterocycles. The molecular weight excluding hydrogens is 314 g/mol. The summed E-state index contributed by atoms with van der Waals surface area (Å²) in [6.07, 6.45) is 4.59. The van der Waals surface area contributed by atoms with Crippen LogP contribution in [0.4, 0.5) is 0 Å². The predicted octanol–water partition coefficient (Wildman–Crippen LogP) is 2.20. The molecule has 2 aliphatic heterocycles. The minimum Gasteiger partial charge on any atom is -0.372 e. The maximum Gasteiger partial charge on any atom is 0.254 e. The average molecular weight is 337 g/mol. The number of hydrogen-bond donors (Lipinski definition) is 0. The summed E-state index contributed by atoms with van der Waals surface area (Å²) in [5, 5.41) is 0. The molecule has 4 rings (SSSR count). The van der Waals surface area contributed by atoms with Gasteiger partial charge >= 0.3 is 0 Å². The number of ether oxygens (including phenoxy) is 1. The molecule has 130 valence electrons. The monoisotopic (exact) mass is 337 g/mol. The molecule has 0 unspecified atom stereocenters. The second-order valence-corrected chi connectivity index (χ2v) is 6.79. The molecule has 1 aromatic heterocycles. The number of carbonyl (C=O) groups excluding carboxylic acids is 1. The zero-order valence-electron chi connectivity index (χ0n) is 14.3. The number of carbonyl (C=O) groups is 1. The Hall–Kier alpha value is -2.24. The molecule has 5 heteroatoms. The molecule has 2 atom stereocenters. The zero-order chi connectivity index (χ0) is 17.1. The quantitative estimate of drug-likeness (QED) is 0.858. The van der Waals surface area contributed by atoms with Crippen molar-refractivity contribution in [2.24, 2.45) is 0 Å². The van der Waals surface area contributed by atoms with Crippen molar-refractivity contribution in [3.8, 4) is 0 Å². The van der Waals surface area contributed by atoms with Crippen LogP contribution in [-0.2, 0) is 11.3 Å². The highest BCUT2D eigenvalue weighted by atomic mass is 16.5. The first-order valence-corrected chi connectivity index (χ1v) is 8.88. The minimum atomic E-state index is 0.107. The van der Waals surface area contributed by atoms with Crippen LogP contribution in [-0.4, -0.2) is 59.0 Å². The van der Waals surface area contributed by atoms with E-state index in [1.165, 1.54) is 5.56 Å². The van der Waals surface area contributed by atoms with Crippen LogP contribution >= 0.6 is 0 Å². The third-order valence-electron chi connectivity index (χ3n) is 5.12. The number of pyridine rings is 1. The van der Waals surface area contributed by atoms with E-state index in [1.54, 1.807) is 24.5 Å². The van der Waals surface area contributed by atoms with Crippen LogP contribution in [0, 0.1) is 0 Å². The number of hydrogen-bond acceptors (Lipinski definition) is 4. The van der Waals surface area contributed by atoms with E-state index >= 15 is 0 Å². The highest BCUT2D eigenvalue weighted by Crippen LogP contribution is 2.25. The number of nitrogens with zero attached hydrogens (tertiary/aromatic N) is 3. The lowest BCUT2D eigenvalue weighted by Crippen LogP contribution is -2.52. The first kappa shape index (κ1) is 16.2. The van der Waals surface area contributed by atoms with Crippen molar-refractivity contribution in [2.75, 3.05) is 26.2 Å². The van der Waals surface area contributed by atoms with Crippen molar-refractivity contribution in [2.45, 2.75) is 25.2 Å². The van der Waals surface area contributed by atoms with Crippen molar-refractivity contribution in [3.05, 3.63) is 66.0 Å². The maximum atomic E-state index is 12.6. The Kier molecular flexibility index (Phi) is 4.76. The van der Waals surface area contributed by atoms with Gasteiger partial charge in [0.25, 0.3) is 5.91 Å². The molecule has 2 fully saturated rings. The number of fused-ring (bicyclic) bond motifs is 1. The fourth-order valence-electron chi connectivity index (χ4n) is 3.77. The summed E-state index contributed by atoms with van der Waals surface area (Å²) in [6, 6.07) is 14.3. The molecule has 2 aromatic rings. The summed E-state index contributed by atoms with van der Waals surface area (Å²) in [7, 11) is 0. The van der Waals surface area contributed by atoms with Gasteiger partial charge in [0.2, 0.25) is 0 Å². The molecule has 5 nitrogen and oxygen atoms in total. The van der Waals surface area contributed by atoms with E-state index in [-0.39, 0.29) is 12.0 Å². The zero-order valence-corrected chi connectivity index (χ0v) is 14.3. The Morgan fingerprint density at radius 3 is 2.68 bits per heavy atom. The number of rotatable bonds is 4. The largest absolute Gasteiger partial charge is 0.372 e. The SMILES string of the molecule is O=C(c1ccncc1)N1CCN2C[C@H](OCc3ccccc3)C[C@H]2C1. The average Bonchev–Trinajstić information content (AvgIpc) is 3.09. The van der Waals surface area contributed by atoms with E-state index < -0.39 is 0 Å². The van der Waals surface area contributed by atoms with Crippen molar-refractivity contribution in [1.29, 1.82) is 0 Å². The normalized spacial score (nSPS) is 23.4. The Morgan fingerprint density at radius 2 is 1.88 bits per heavy atom. The standard InChI is InChI=1S/C20H23N3O2/c24-20(17-6-8-21-9-7-17)23-11-10-22-14-19(12-18(22)13-23)25-15-16-4-2-1-3-5-16/h1-9,18-19H,10-15H2/t18-,19+/m0/s1. The number of amides is 1. The minimum absolute atomic E-state index is 0.107. The molecular formula is C20H23N3O2. The smallest absolute Gasteiger partial charge is 0.254 e. The van der Waals surface area contributed by atoms with Gasteiger partial charge in [-0.3, -0.25) is 14.7 Å². The second kappa shape index (κ2) is 7.33. The third kappa shape index (κ3) is 3.72. The van der Waals surface area contributed by atoms with Crippen LogP contribution in [0.15, 0.2) is 54.9 Å². The maximum absolute atomic E-state index is 12.6. The topological polar surface area (TPSA) is 45.7 Å². The highest BCUT2D eigenvalue weighted by Gasteiger charge is 2.37. The molecule has 0 saturated carbocycles. The van der Waals surface area contributed by atoms with Gasteiger partial charge in [0.1, 0.15) is 0 Å². The first-order valence-electron chi connectivity index (χ1n) is 8.88. The fourth-order valence-corrected chi connectivity index (χ4v) is 3.77. The number of benzene rings is 1. The summed E-state index contributed by atoms with van der Waals surface area (Å²) in [6.45, 7) is 4.11. The lowest BCUT2D eigenvalue weighted by Gasteiger charge is -2.37. The lowest BCUT2D eigenvalue weighted by atomic mass is 10.1. The molecule has 25 heavy (non-hydrogen) atoms. The molecule has 2 aliphatic rings. The van der Waals surface area contributed by atoms with Gasteiger partial charge in [0.05, 0.1) is 12.7 Å². The van der Waals surface area contributed by atoms with Crippen LogP contribution in [0.1, 0.15) is 22.3 Å². The van der Waals surface area contributed by atoms with E-state index in [0.29, 0.717) is 12.6 Å². The van der Waals surface area contributed by atoms with Crippen LogP contribution in [0.2, 0.25) is 0 Å². The van der Waals surface area contributed by atoms with Gasteiger partial charge in [-0.2, -0.15) is 0 Å². The van der Waals surface area contributed by atoms with Crippen LogP contribution in [0.3, 0.4) is 0 Å². The Morgan fingerprint density at radius 1 is 1.08 bits per heavy atom. The summed E-state index contributed by atoms with van der Waals surface area (Å²) < 4.78 is 6.11. The van der Waals surface area contributed by atoms with Crippen molar-refractivity contribution >= 4 is 5.91 Å². The van der Waals surface area contributed by atoms with Gasteiger partial charge in [0.15, 0.2) is 0 Å². The molecule has 0 bridgehead atoms. The van der Waals surface area contributed by atoms with E-state index in [0.717, 1.165) is 38.2 Å². The number of piperazine rings is 1. The highest BCUT2D eigenvalue weighted by molar-refractivity contribution is 5.94. The molecule has 0 radical (unpaired) electrons. The predicted molar refractivity (Wildman–Crippen MR) is 95.1 cm³/mol. The first-order chi connectivity index (χ1) is 12.3. The van der Waals surface area contributed by atoms with Crippen LogP contribution < -0.4 is 0 Å². The van der Waals surface area contributed by atoms with Gasteiger partial charge in [-0.05, 0) is 24.1 Å². The molecule has 0 N–H and O–H groups in total. The van der Waals surface area contributed by atoms with Crippen LogP contribution in [0.5, 0.6) is 0 Å². The van der Waals surface area contributed by atoms with Crippen molar-refractivity contribution in [1.82, 2.24) is 14.8 Å². The van der Waals surface area contributed by atoms with Gasteiger partial charge in [-0.25, -0.2) is 0 Å². The third-order valence-corrected chi connectivity index (χ3v) is 5.12. The number of aromatic nitrogens is 1. The van der Waals surface area contributed by atoms with Crippen molar-refractivity contribution < 1.29 is 9.53 Å². The van der Waals surface area contributed by atoms with Gasteiger partial charge in [0, 0.05) is 50.2 Å². The van der Waals surface area contributed by atoms with E-state index in [9.17, 15) is 4.79 Å². The Labute approximate surface area is 148 Å². The second-order valence-electron chi connectivity index (χ2n) is 6.79. The summed E-state index contributed by atoms with van der Waals surface area (Å²) >= 11 is 0. The fraction of sp³-hybridized carbons (Fsp3) is 0.400. The lowest BCUT2D eigenvalue weighted by molar-refractivity contribution is 0.0451. The summed E-state index contributed by atoms with van der Waals surface area (Å²) in [5.74, 6) is 0.107. The van der Waals surface area contributed by atoms with Gasteiger partial charge in [-0.1, -0.05) is 30.3 Å². The summed E-state index contributed by atoms with van der Waals surface area (Å²) in [4.78, 5) is 21.0. The summed E-state index contributed by atoms with van der Waals surface area (Å²) in [5.41, 5.74) is 1.93. The Bertz CT molecular complexity index is 707. The van der Waals surface area contributed by atoms with E-state index in [2.05, 4.69) is 22.0 Å². The molecule has 2 saturated heterocycles. The van der Waals surface area contributed by atoms with Gasteiger partial charge < -0.3 is 9.64 Å². The Balaban J connectivity index is 1.32. The molecule has 0 spiro atoms. The molecule has 0 aliphatic carbocycles. The van der Waals surface area contributed by atoms with Crippen molar-refractivity contribution in [3.63, 3.8) is 0 Å². The molecule has 1 amide bonds. The molecule has 1 aromatic carbocycles. The van der Waals surface area contributed by atoms with Gasteiger partial charge in [-0.15, -0.1) is 0 Å². The van der Waals surface area contributed by atoms with E-state index in [4.69, 9.17) is 4.74 Å².